The Hall–Kier alpha value is -2.18. The van der Waals surface area contributed by atoms with E-state index in [-0.39, 0.29) is 30.2 Å². The second kappa shape index (κ2) is 13.6. The van der Waals surface area contributed by atoms with Crippen LogP contribution < -0.4 is 5.32 Å². The van der Waals surface area contributed by atoms with E-state index in [1.165, 1.54) is 11.8 Å². The Morgan fingerprint density at radius 2 is 1.59 bits per heavy atom. The highest BCUT2D eigenvalue weighted by Crippen LogP contribution is 2.26. The lowest BCUT2D eigenvalue weighted by atomic mass is 10.0. The van der Waals surface area contributed by atoms with Crippen LogP contribution in [0.5, 0.6) is 0 Å². The number of halogens is 3. The summed E-state index contributed by atoms with van der Waals surface area (Å²) in [6.07, 6.45) is 4.57. The van der Waals surface area contributed by atoms with Crippen LogP contribution in [0.4, 0.5) is 0 Å². The van der Waals surface area contributed by atoms with Crippen molar-refractivity contribution in [2.24, 2.45) is 0 Å². The Kier molecular flexibility index (Phi) is 10.2. The molecule has 194 valence electrons. The summed E-state index contributed by atoms with van der Waals surface area (Å²) in [4.78, 5) is 30.1. The van der Waals surface area contributed by atoms with Gasteiger partial charge in [-0.3, -0.25) is 9.59 Å². The van der Waals surface area contributed by atoms with Crippen molar-refractivity contribution < 1.29 is 9.59 Å². The van der Waals surface area contributed by atoms with E-state index < -0.39 is 6.04 Å². The average Bonchev–Trinajstić information content (AvgIpc) is 3.41. The molecule has 1 aliphatic rings. The zero-order valence-corrected chi connectivity index (χ0v) is 23.4. The molecule has 3 aromatic carbocycles. The highest BCUT2D eigenvalue weighted by molar-refractivity contribution is 8.00. The summed E-state index contributed by atoms with van der Waals surface area (Å²) in [5.41, 5.74) is 1.80. The third-order valence-electron chi connectivity index (χ3n) is 6.49. The van der Waals surface area contributed by atoms with Crippen LogP contribution in [-0.4, -0.2) is 34.6 Å². The van der Waals surface area contributed by atoms with Gasteiger partial charge in [-0.2, -0.15) is 0 Å². The molecule has 4 rings (SSSR count). The molecule has 0 unspecified atom stereocenters. The fourth-order valence-corrected chi connectivity index (χ4v) is 5.75. The number of thioether (sulfide) groups is 1. The molecule has 0 bridgehead atoms. The zero-order chi connectivity index (χ0) is 26.2. The van der Waals surface area contributed by atoms with Crippen LogP contribution in [0, 0.1) is 0 Å². The van der Waals surface area contributed by atoms with Gasteiger partial charge in [-0.25, -0.2) is 0 Å². The lowest BCUT2D eigenvalue weighted by Crippen LogP contribution is -2.52. The van der Waals surface area contributed by atoms with Crippen molar-refractivity contribution in [3.8, 4) is 0 Å². The third-order valence-corrected chi connectivity index (χ3v) is 8.47. The van der Waals surface area contributed by atoms with Gasteiger partial charge >= 0.3 is 0 Å². The van der Waals surface area contributed by atoms with E-state index in [0.717, 1.165) is 41.7 Å². The lowest BCUT2D eigenvalue weighted by molar-refractivity contribution is -0.139. The molecule has 0 saturated heterocycles. The summed E-state index contributed by atoms with van der Waals surface area (Å²) in [6, 6.07) is 22.0. The molecular weight excluding hydrogens is 547 g/mol. The Bertz CT molecular complexity index is 1200. The predicted octanol–water partition coefficient (Wildman–Crippen LogP) is 7.44. The lowest BCUT2D eigenvalue weighted by Gasteiger charge is -2.32. The Morgan fingerprint density at radius 3 is 2.27 bits per heavy atom. The van der Waals surface area contributed by atoms with Gasteiger partial charge in [0.2, 0.25) is 11.8 Å². The summed E-state index contributed by atoms with van der Waals surface area (Å²) in [7, 11) is 0. The second-order valence-corrected chi connectivity index (χ2v) is 11.5. The number of amides is 2. The van der Waals surface area contributed by atoms with Gasteiger partial charge in [-0.15, -0.1) is 11.8 Å². The van der Waals surface area contributed by atoms with E-state index in [0.29, 0.717) is 21.5 Å². The number of carbonyl (C=O) groups excluding carboxylic acids is 2. The Morgan fingerprint density at radius 1 is 0.892 bits per heavy atom. The number of carbonyl (C=O) groups is 2. The maximum atomic E-state index is 13.8. The van der Waals surface area contributed by atoms with Crippen molar-refractivity contribution in [3.05, 3.63) is 99.0 Å². The fraction of sp³-hybridized carbons (Fsp3) is 0.310. The van der Waals surface area contributed by atoms with Gasteiger partial charge in [-0.05, 0) is 60.4 Å². The van der Waals surface area contributed by atoms with Crippen molar-refractivity contribution in [2.75, 3.05) is 5.75 Å². The smallest absolute Gasteiger partial charge is 0.243 e. The monoisotopic (exact) mass is 574 g/mol. The number of nitrogens with zero attached hydrogens (tertiary/aromatic N) is 1. The molecule has 0 aromatic heterocycles. The van der Waals surface area contributed by atoms with Crippen molar-refractivity contribution >= 4 is 58.4 Å². The molecule has 37 heavy (non-hydrogen) atoms. The van der Waals surface area contributed by atoms with Gasteiger partial charge in [0.1, 0.15) is 6.04 Å². The number of nitrogens with one attached hydrogen (secondary N) is 1. The molecule has 8 heteroatoms. The molecule has 3 aromatic rings. The maximum Gasteiger partial charge on any atom is 0.243 e. The van der Waals surface area contributed by atoms with Crippen LogP contribution in [0.25, 0.3) is 0 Å². The minimum absolute atomic E-state index is 0.124. The molecule has 0 aliphatic heterocycles. The van der Waals surface area contributed by atoms with Crippen LogP contribution in [0.3, 0.4) is 0 Å². The first-order chi connectivity index (χ1) is 17.9. The SMILES string of the molecule is O=C(NC1CCCC1)[C@H](Cc1ccccc1)N(Cc1ccc(Cl)c(Cl)c1)C(=O)CSc1ccc(Cl)cc1. The molecule has 1 fully saturated rings. The van der Waals surface area contributed by atoms with E-state index in [9.17, 15) is 9.59 Å². The van der Waals surface area contributed by atoms with E-state index >= 15 is 0 Å². The topological polar surface area (TPSA) is 49.4 Å². The van der Waals surface area contributed by atoms with Gasteiger partial charge in [0.15, 0.2) is 0 Å². The molecular formula is C29H29Cl3N2O2S. The maximum absolute atomic E-state index is 13.8. The molecule has 0 spiro atoms. The van der Waals surface area contributed by atoms with Crippen molar-refractivity contribution in [2.45, 2.75) is 55.6 Å². The summed E-state index contributed by atoms with van der Waals surface area (Å²) in [5.74, 6) is -0.0699. The van der Waals surface area contributed by atoms with Crippen molar-refractivity contribution in [1.82, 2.24) is 10.2 Å². The summed E-state index contributed by atoms with van der Waals surface area (Å²) < 4.78 is 0. The van der Waals surface area contributed by atoms with Gasteiger partial charge < -0.3 is 10.2 Å². The van der Waals surface area contributed by atoms with E-state index in [2.05, 4.69) is 5.32 Å². The largest absolute Gasteiger partial charge is 0.352 e. The van der Waals surface area contributed by atoms with Crippen LogP contribution in [-0.2, 0) is 22.6 Å². The summed E-state index contributed by atoms with van der Waals surface area (Å²) >= 11 is 19.9. The Labute approximate surface area is 237 Å². The number of hydrogen-bond acceptors (Lipinski definition) is 3. The number of hydrogen-bond donors (Lipinski definition) is 1. The molecule has 2 amide bonds. The molecule has 4 nitrogen and oxygen atoms in total. The zero-order valence-electron chi connectivity index (χ0n) is 20.3. The first kappa shape index (κ1) is 27.8. The van der Waals surface area contributed by atoms with Crippen LogP contribution in [0.15, 0.2) is 77.7 Å². The summed E-state index contributed by atoms with van der Waals surface area (Å²) in [6.45, 7) is 0.243. The van der Waals surface area contributed by atoms with E-state index in [1.54, 1.807) is 29.2 Å². The molecule has 1 N–H and O–H groups in total. The summed E-state index contributed by atoms with van der Waals surface area (Å²) in [5, 5.41) is 4.72. The van der Waals surface area contributed by atoms with Gasteiger partial charge in [-0.1, -0.05) is 84.0 Å². The molecule has 1 saturated carbocycles. The first-order valence-electron chi connectivity index (χ1n) is 12.3. The average molecular weight is 576 g/mol. The van der Waals surface area contributed by atoms with E-state index in [4.69, 9.17) is 34.8 Å². The number of rotatable bonds is 10. The molecule has 0 heterocycles. The quantitative estimate of drug-likeness (QED) is 0.256. The fourth-order valence-electron chi connectivity index (χ4n) is 4.51. The number of benzene rings is 3. The normalized spacial score (nSPS) is 14.4. The second-order valence-electron chi connectivity index (χ2n) is 9.21. The van der Waals surface area contributed by atoms with Gasteiger partial charge in [0.05, 0.1) is 15.8 Å². The van der Waals surface area contributed by atoms with Crippen molar-refractivity contribution in [1.29, 1.82) is 0 Å². The van der Waals surface area contributed by atoms with Crippen LogP contribution >= 0.6 is 46.6 Å². The first-order valence-corrected chi connectivity index (χ1v) is 14.5. The van der Waals surface area contributed by atoms with E-state index in [1.807, 2.05) is 48.5 Å². The highest BCUT2D eigenvalue weighted by Gasteiger charge is 2.32. The molecule has 1 aliphatic carbocycles. The van der Waals surface area contributed by atoms with Gasteiger partial charge in [0.25, 0.3) is 0 Å². The molecule has 0 radical (unpaired) electrons. The van der Waals surface area contributed by atoms with Gasteiger partial charge in [0, 0.05) is 28.9 Å². The minimum Gasteiger partial charge on any atom is -0.352 e. The molecule has 1 atom stereocenters. The van der Waals surface area contributed by atoms with Crippen LogP contribution in [0.2, 0.25) is 15.1 Å². The predicted molar refractivity (Wildman–Crippen MR) is 154 cm³/mol. The standard InChI is InChI=1S/C29H29Cl3N2O2S/c30-22-11-13-24(14-12-22)37-19-28(35)34(18-21-10-15-25(31)26(32)16-21)27(17-20-6-2-1-3-7-20)29(36)33-23-8-4-5-9-23/h1-3,6-7,10-16,23,27H,4-5,8-9,17-19H2,(H,33,36)/t27-/m0/s1. The van der Waals surface area contributed by atoms with Crippen molar-refractivity contribution in [3.63, 3.8) is 0 Å². The Balaban J connectivity index is 1.62. The van der Waals surface area contributed by atoms with Crippen LogP contribution in [0.1, 0.15) is 36.8 Å². The minimum atomic E-state index is -0.671. The highest BCUT2D eigenvalue weighted by atomic mass is 35.5. The third kappa shape index (κ3) is 8.15.